The molecule has 11 heteroatoms. The van der Waals surface area contributed by atoms with Gasteiger partial charge < -0.3 is 29.0 Å². The Morgan fingerprint density at radius 2 is 0.662 bits per heavy atom. The lowest BCUT2D eigenvalue weighted by Crippen LogP contribution is -2.44. The van der Waals surface area contributed by atoms with Gasteiger partial charge in [0, 0.05) is 26.2 Å². The summed E-state index contributed by atoms with van der Waals surface area (Å²) in [6.07, 6.45) is 43.8. The number of hydrogen-bond acceptors (Lipinski definition) is 11. The SMILES string of the molecule is CCCCCCCCCCC(O)CN(CCCCC1OC(=O)C(CCCCN(CC(O)CCCCCCCCCC)CC(CCCCCCCCCC)OS)OC1=O)CC(O)CCCCCCCCCC. The van der Waals surface area contributed by atoms with E-state index in [0.717, 1.165) is 90.0 Å². The third-order valence-electron chi connectivity index (χ3n) is 15.0. The van der Waals surface area contributed by atoms with E-state index in [4.69, 9.17) is 13.7 Å². The van der Waals surface area contributed by atoms with E-state index >= 15 is 0 Å². The maximum Gasteiger partial charge on any atom is 0.348 e. The van der Waals surface area contributed by atoms with Crippen molar-refractivity contribution in [3.05, 3.63) is 0 Å². The molecule has 0 amide bonds. The normalized spacial score (nSPS) is 17.0. The summed E-state index contributed by atoms with van der Waals surface area (Å²) in [5.41, 5.74) is 0. The molecule has 0 aliphatic carbocycles. The fourth-order valence-corrected chi connectivity index (χ4v) is 10.6. The van der Waals surface area contributed by atoms with Crippen molar-refractivity contribution >= 4 is 24.8 Å². The van der Waals surface area contributed by atoms with Gasteiger partial charge in [-0.1, -0.05) is 233 Å². The van der Waals surface area contributed by atoms with Crippen LogP contribution in [0.15, 0.2) is 0 Å². The van der Waals surface area contributed by atoms with E-state index in [1.165, 1.54) is 161 Å². The smallest absolute Gasteiger partial charge is 0.348 e. The van der Waals surface area contributed by atoms with Gasteiger partial charge in [0.2, 0.25) is 0 Å². The Labute approximate surface area is 444 Å². The molecule has 1 saturated heterocycles. The Morgan fingerprint density at radius 3 is 0.958 bits per heavy atom. The van der Waals surface area contributed by atoms with Gasteiger partial charge in [-0.05, 0) is 90.2 Å². The molecule has 0 aromatic rings. The highest BCUT2D eigenvalue weighted by Gasteiger charge is 2.37. The zero-order chi connectivity index (χ0) is 51.8. The summed E-state index contributed by atoms with van der Waals surface area (Å²) in [4.78, 5) is 30.8. The van der Waals surface area contributed by atoms with Gasteiger partial charge in [0.1, 0.15) is 0 Å². The second kappa shape index (κ2) is 49.9. The molecule has 6 unspecified atom stereocenters. The zero-order valence-corrected chi connectivity index (χ0v) is 48.0. The Morgan fingerprint density at radius 1 is 0.394 bits per heavy atom. The van der Waals surface area contributed by atoms with Crippen molar-refractivity contribution in [2.45, 2.75) is 334 Å². The Balaban J connectivity index is 2.63. The molecule has 3 N–H and O–H groups in total. The van der Waals surface area contributed by atoms with Crippen LogP contribution in [0.5, 0.6) is 0 Å². The van der Waals surface area contributed by atoms with Gasteiger partial charge in [0.15, 0.2) is 12.2 Å². The molecule has 0 saturated carbocycles. The van der Waals surface area contributed by atoms with Gasteiger partial charge >= 0.3 is 11.9 Å². The van der Waals surface area contributed by atoms with Crippen LogP contribution in [0.4, 0.5) is 0 Å². The van der Waals surface area contributed by atoms with Crippen molar-refractivity contribution < 1.29 is 38.6 Å². The number of hydrogen-bond donors (Lipinski definition) is 4. The second-order valence-electron chi connectivity index (χ2n) is 22.1. The Bertz CT molecular complexity index is 1140. The summed E-state index contributed by atoms with van der Waals surface area (Å²) in [6, 6.07) is 0. The quantitative estimate of drug-likeness (QED) is 0.0202. The number of rotatable bonds is 55. The molecule has 1 aliphatic heterocycles. The summed E-state index contributed by atoms with van der Waals surface area (Å²) < 4.78 is 17.1. The van der Waals surface area contributed by atoms with E-state index in [1.807, 2.05) is 0 Å². The van der Waals surface area contributed by atoms with Crippen LogP contribution in [-0.2, 0) is 23.2 Å². The van der Waals surface area contributed by atoms with Crippen LogP contribution >= 0.6 is 12.9 Å². The fraction of sp³-hybridized carbons (Fsp3) is 0.967. The first kappa shape index (κ1) is 68.1. The third kappa shape index (κ3) is 41.0. The van der Waals surface area contributed by atoms with Gasteiger partial charge in [-0.15, -0.1) is 0 Å². The average molecular weight is 1030 g/mol. The Kier molecular flexibility index (Phi) is 47.8. The molecule has 1 fully saturated rings. The summed E-state index contributed by atoms with van der Waals surface area (Å²) >= 11 is 4.27. The molecule has 10 nitrogen and oxygen atoms in total. The highest BCUT2D eigenvalue weighted by Crippen LogP contribution is 2.22. The minimum Gasteiger partial charge on any atom is -0.448 e. The molecular formula is C60H118N2O8S. The van der Waals surface area contributed by atoms with E-state index in [2.05, 4.69) is 50.4 Å². The summed E-state index contributed by atoms with van der Waals surface area (Å²) in [5.74, 6) is -0.926. The first-order valence-electron chi connectivity index (χ1n) is 30.9. The molecule has 0 radical (unpaired) electrons. The molecule has 0 spiro atoms. The Hall–Kier alpha value is -0.950. The lowest BCUT2D eigenvalue weighted by Gasteiger charge is -2.30. The van der Waals surface area contributed by atoms with Gasteiger partial charge in [-0.25, -0.2) is 9.59 Å². The number of carbonyl (C=O) groups is 2. The topological polar surface area (TPSA) is 129 Å². The van der Waals surface area contributed by atoms with Crippen molar-refractivity contribution in [2.24, 2.45) is 0 Å². The minimum absolute atomic E-state index is 0.0182. The lowest BCUT2D eigenvalue weighted by molar-refractivity contribution is -0.196. The van der Waals surface area contributed by atoms with Crippen LogP contribution in [0.2, 0.25) is 0 Å². The predicted molar refractivity (Wildman–Crippen MR) is 301 cm³/mol. The fourth-order valence-electron chi connectivity index (χ4n) is 10.4. The molecule has 1 rings (SSSR count). The molecular weight excluding hydrogens is 909 g/mol. The van der Waals surface area contributed by atoms with Crippen LogP contribution < -0.4 is 0 Å². The van der Waals surface area contributed by atoms with E-state index in [0.29, 0.717) is 58.4 Å². The zero-order valence-electron chi connectivity index (χ0n) is 47.1. The highest BCUT2D eigenvalue weighted by atomic mass is 32.1. The van der Waals surface area contributed by atoms with Crippen LogP contribution in [0.1, 0.15) is 297 Å². The van der Waals surface area contributed by atoms with E-state index in [9.17, 15) is 24.9 Å². The molecule has 6 atom stereocenters. The number of nitrogens with zero attached hydrogens (tertiary/aromatic N) is 2. The summed E-state index contributed by atoms with van der Waals surface area (Å²) in [6.45, 7) is 12.8. The number of aliphatic hydroxyl groups is 3. The molecule has 0 bridgehead atoms. The van der Waals surface area contributed by atoms with Crippen molar-refractivity contribution in [3.63, 3.8) is 0 Å². The van der Waals surface area contributed by atoms with Gasteiger partial charge in [0.25, 0.3) is 0 Å². The maximum absolute atomic E-state index is 13.2. The second-order valence-corrected chi connectivity index (χ2v) is 22.3. The van der Waals surface area contributed by atoms with Crippen molar-refractivity contribution in [1.82, 2.24) is 9.80 Å². The molecule has 1 heterocycles. The molecule has 0 aromatic carbocycles. The summed E-state index contributed by atoms with van der Waals surface area (Å²) in [7, 11) is 0. The van der Waals surface area contributed by atoms with Crippen LogP contribution in [0.25, 0.3) is 0 Å². The molecule has 0 aromatic heterocycles. The molecule has 422 valence electrons. The number of esters is 2. The van der Waals surface area contributed by atoms with Gasteiger partial charge in [-0.3, -0.25) is 9.80 Å². The minimum atomic E-state index is -0.899. The largest absolute Gasteiger partial charge is 0.448 e. The van der Waals surface area contributed by atoms with E-state index in [1.54, 1.807) is 0 Å². The number of aliphatic hydroxyl groups excluding tert-OH is 3. The van der Waals surface area contributed by atoms with E-state index in [-0.39, 0.29) is 6.10 Å². The predicted octanol–water partition coefficient (Wildman–Crippen LogP) is 15.2. The standard InChI is InChI=1S/C60H118N2O8S/c1-5-9-13-17-21-25-29-33-41-53(63)49-61(50-54(64)42-34-30-26-22-18-14-10-6-2)47-39-37-45-57-59(66)69-58(60(67)68-57)46-38-40-48-62(51-55(65)43-35-31-27-23-19-15-11-7-3)52-56(70-71)44-36-32-28-24-20-16-12-8-4/h53-58,63-65,71H,5-52H2,1-4H3. The number of unbranched alkanes of at least 4 members (excludes halogenated alkanes) is 30. The first-order valence-corrected chi connectivity index (χ1v) is 31.2. The summed E-state index contributed by atoms with van der Waals surface area (Å²) in [5, 5.41) is 33.2. The first-order chi connectivity index (χ1) is 34.7. The van der Waals surface area contributed by atoms with Gasteiger partial charge in [0.05, 0.1) is 24.4 Å². The molecule has 71 heavy (non-hydrogen) atoms. The van der Waals surface area contributed by atoms with Crippen molar-refractivity contribution in [3.8, 4) is 0 Å². The highest BCUT2D eigenvalue weighted by molar-refractivity contribution is 7.75. The maximum atomic E-state index is 13.2. The monoisotopic (exact) mass is 1030 g/mol. The van der Waals surface area contributed by atoms with E-state index < -0.39 is 42.5 Å². The third-order valence-corrected chi connectivity index (χ3v) is 15.3. The molecule has 1 aliphatic rings. The van der Waals surface area contributed by atoms with Crippen molar-refractivity contribution in [2.75, 3.05) is 39.3 Å². The average Bonchev–Trinajstić information content (AvgIpc) is 3.35. The van der Waals surface area contributed by atoms with Crippen LogP contribution in [0, 0.1) is 0 Å². The van der Waals surface area contributed by atoms with Crippen LogP contribution in [0.3, 0.4) is 0 Å². The number of ether oxygens (including phenoxy) is 2. The number of thiol groups is 1. The number of carbonyl (C=O) groups excluding carboxylic acids is 2. The lowest BCUT2D eigenvalue weighted by atomic mass is 10.0. The van der Waals surface area contributed by atoms with Crippen LogP contribution in [-0.4, -0.2) is 113 Å². The van der Waals surface area contributed by atoms with Gasteiger partial charge in [-0.2, -0.15) is 0 Å². The number of cyclic esters (lactones) is 2. The van der Waals surface area contributed by atoms with Crippen molar-refractivity contribution in [1.29, 1.82) is 0 Å².